The van der Waals surface area contributed by atoms with Crippen molar-refractivity contribution in [1.29, 1.82) is 0 Å². The van der Waals surface area contributed by atoms with Crippen LogP contribution in [0, 0.1) is 0 Å². The van der Waals surface area contributed by atoms with Crippen LogP contribution in [0.3, 0.4) is 0 Å². The van der Waals surface area contributed by atoms with Gasteiger partial charge in [0, 0.05) is 17.8 Å². The number of nitrogens with one attached hydrogen (secondary N) is 1. The summed E-state index contributed by atoms with van der Waals surface area (Å²) in [6.45, 7) is -0.591. The maximum Gasteiger partial charge on any atom is 0.586 e. The summed E-state index contributed by atoms with van der Waals surface area (Å²) in [4.78, 5) is 23.6. The van der Waals surface area contributed by atoms with Gasteiger partial charge in [-0.1, -0.05) is 6.07 Å². The molecule has 0 saturated heterocycles. The number of aromatic hydroxyl groups is 1. The van der Waals surface area contributed by atoms with Crippen LogP contribution in [0.2, 0.25) is 0 Å². The summed E-state index contributed by atoms with van der Waals surface area (Å²) >= 11 is 0. The Bertz CT molecular complexity index is 975. The molecule has 8 nitrogen and oxygen atoms in total. The fourth-order valence-electron chi connectivity index (χ4n) is 2.37. The van der Waals surface area contributed by atoms with E-state index in [-0.39, 0.29) is 28.7 Å². The van der Waals surface area contributed by atoms with Gasteiger partial charge in [0.25, 0.3) is 5.91 Å². The van der Waals surface area contributed by atoms with Crippen molar-refractivity contribution in [3.05, 3.63) is 48.0 Å². The Labute approximate surface area is 163 Å². The molecule has 152 valence electrons. The number of anilines is 1. The Hall–Kier alpha value is -3.82. The maximum absolute atomic E-state index is 13.0. The average molecular weight is 407 g/mol. The van der Waals surface area contributed by atoms with Crippen LogP contribution >= 0.6 is 0 Å². The molecule has 2 aromatic rings. The van der Waals surface area contributed by atoms with Crippen LogP contribution in [-0.4, -0.2) is 37.0 Å². The van der Waals surface area contributed by atoms with Crippen LogP contribution in [0.1, 0.15) is 5.56 Å². The Kier molecular flexibility index (Phi) is 5.53. The third kappa shape index (κ3) is 5.12. The van der Waals surface area contributed by atoms with Gasteiger partial charge in [0.15, 0.2) is 29.6 Å². The molecule has 10 heteroatoms. The lowest BCUT2D eigenvalue weighted by atomic mass is 10.2. The lowest BCUT2D eigenvalue weighted by Crippen LogP contribution is -2.25. The number of hydrogen-bond donors (Lipinski definition) is 2. The number of fused-ring (bicyclic) bond motifs is 1. The van der Waals surface area contributed by atoms with Gasteiger partial charge in [-0.3, -0.25) is 4.79 Å². The highest BCUT2D eigenvalue weighted by Gasteiger charge is 2.43. The molecule has 0 spiro atoms. The van der Waals surface area contributed by atoms with Crippen molar-refractivity contribution in [2.75, 3.05) is 19.0 Å². The lowest BCUT2D eigenvalue weighted by Gasteiger charge is -2.06. The zero-order valence-electron chi connectivity index (χ0n) is 15.0. The van der Waals surface area contributed by atoms with Crippen LogP contribution in [0.15, 0.2) is 42.5 Å². The Balaban J connectivity index is 1.50. The summed E-state index contributed by atoms with van der Waals surface area (Å²) in [5.74, 6) is -1.65. The third-order valence-corrected chi connectivity index (χ3v) is 3.65. The summed E-state index contributed by atoms with van der Waals surface area (Å²) in [5.41, 5.74) is 0.732. The summed E-state index contributed by atoms with van der Waals surface area (Å²) in [6.07, 6.45) is -1.24. The monoisotopic (exact) mass is 407 g/mol. The molecular weight excluding hydrogens is 392 g/mol. The van der Waals surface area contributed by atoms with Gasteiger partial charge in [0.2, 0.25) is 0 Å². The second-order valence-corrected chi connectivity index (χ2v) is 5.75. The van der Waals surface area contributed by atoms with E-state index in [9.17, 15) is 23.5 Å². The molecule has 0 saturated carbocycles. The highest BCUT2D eigenvalue weighted by molar-refractivity contribution is 5.94. The van der Waals surface area contributed by atoms with Gasteiger partial charge in [0.05, 0.1) is 7.11 Å². The number of phenols is 1. The van der Waals surface area contributed by atoms with Gasteiger partial charge in [-0.2, -0.15) is 0 Å². The van der Waals surface area contributed by atoms with Gasteiger partial charge < -0.3 is 29.4 Å². The molecule has 0 radical (unpaired) electrons. The molecule has 3 rings (SSSR count). The van der Waals surface area contributed by atoms with Crippen LogP contribution in [0.5, 0.6) is 23.0 Å². The molecule has 0 aromatic heterocycles. The summed E-state index contributed by atoms with van der Waals surface area (Å²) < 4.78 is 44.3. The van der Waals surface area contributed by atoms with E-state index in [1.807, 2.05) is 0 Å². The number of hydrogen-bond acceptors (Lipinski definition) is 7. The van der Waals surface area contributed by atoms with Crippen molar-refractivity contribution in [3.63, 3.8) is 0 Å². The van der Waals surface area contributed by atoms with E-state index in [1.54, 1.807) is 6.07 Å². The minimum Gasteiger partial charge on any atom is -0.504 e. The van der Waals surface area contributed by atoms with Crippen molar-refractivity contribution in [2.24, 2.45) is 0 Å². The van der Waals surface area contributed by atoms with Crippen molar-refractivity contribution >= 4 is 23.6 Å². The quantitative estimate of drug-likeness (QED) is 0.561. The Morgan fingerprint density at radius 1 is 1.17 bits per heavy atom. The van der Waals surface area contributed by atoms with Gasteiger partial charge in [-0.15, -0.1) is 8.78 Å². The molecule has 1 aliphatic heterocycles. The van der Waals surface area contributed by atoms with E-state index in [0.717, 1.165) is 12.1 Å². The number of carbonyl (C=O) groups is 2. The van der Waals surface area contributed by atoms with Crippen LogP contribution in [0.4, 0.5) is 14.5 Å². The first-order valence-corrected chi connectivity index (χ1v) is 8.17. The van der Waals surface area contributed by atoms with E-state index in [1.165, 1.54) is 37.5 Å². The van der Waals surface area contributed by atoms with Crippen molar-refractivity contribution in [1.82, 2.24) is 0 Å². The number of benzene rings is 2. The molecule has 0 atom stereocenters. The first-order valence-electron chi connectivity index (χ1n) is 8.17. The third-order valence-electron chi connectivity index (χ3n) is 3.65. The van der Waals surface area contributed by atoms with E-state index in [2.05, 4.69) is 14.8 Å². The minimum atomic E-state index is -3.76. The van der Waals surface area contributed by atoms with Crippen LogP contribution < -0.4 is 19.5 Å². The van der Waals surface area contributed by atoms with Gasteiger partial charge in [-0.05, 0) is 35.9 Å². The maximum atomic E-state index is 13.0. The predicted octanol–water partition coefficient (Wildman–Crippen LogP) is 2.92. The minimum absolute atomic E-state index is 0.0452. The van der Waals surface area contributed by atoms with E-state index in [0.29, 0.717) is 5.56 Å². The lowest BCUT2D eigenvalue weighted by molar-refractivity contribution is -0.286. The van der Waals surface area contributed by atoms with E-state index in [4.69, 9.17) is 9.47 Å². The summed E-state index contributed by atoms with van der Waals surface area (Å²) in [7, 11) is 1.39. The van der Waals surface area contributed by atoms with Crippen LogP contribution in [-0.2, 0) is 14.3 Å². The topological polar surface area (TPSA) is 103 Å². The number of phenolic OH excluding ortho intramolecular Hbond substituents is 1. The second kappa shape index (κ2) is 8.05. The van der Waals surface area contributed by atoms with E-state index >= 15 is 0 Å². The molecule has 0 fully saturated rings. The Morgan fingerprint density at radius 2 is 1.93 bits per heavy atom. The van der Waals surface area contributed by atoms with Crippen LogP contribution in [0.25, 0.3) is 6.08 Å². The van der Waals surface area contributed by atoms with Gasteiger partial charge >= 0.3 is 12.3 Å². The first-order chi connectivity index (χ1) is 13.8. The SMILES string of the molecule is COc1cc(/C=C/C(=O)OCC(=O)Nc2ccc3c(c2)OC(F)(F)O3)ccc1O. The molecule has 1 aliphatic rings. The molecular formula is C19H15F2NO7. The molecule has 0 aliphatic carbocycles. The van der Waals surface area contributed by atoms with Gasteiger partial charge in [-0.25, -0.2) is 4.79 Å². The second-order valence-electron chi connectivity index (χ2n) is 5.75. The molecule has 29 heavy (non-hydrogen) atoms. The Morgan fingerprint density at radius 3 is 2.69 bits per heavy atom. The number of carbonyl (C=O) groups excluding carboxylic acids is 2. The largest absolute Gasteiger partial charge is 0.586 e. The zero-order valence-corrected chi connectivity index (χ0v) is 15.0. The number of alkyl halides is 2. The van der Waals surface area contributed by atoms with E-state index < -0.39 is 24.8 Å². The molecule has 2 aromatic carbocycles. The molecule has 2 N–H and O–H groups in total. The average Bonchev–Trinajstić information content (AvgIpc) is 2.98. The molecule has 0 unspecified atom stereocenters. The molecule has 1 amide bonds. The van der Waals surface area contributed by atoms with Gasteiger partial charge in [0.1, 0.15) is 0 Å². The summed E-state index contributed by atoms with van der Waals surface area (Å²) in [5, 5.41) is 11.9. The number of rotatable bonds is 6. The summed E-state index contributed by atoms with van der Waals surface area (Å²) in [6, 6.07) is 8.17. The smallest absolute Gasteiger partial charge is 0.504 e. The number of halogens is 2. The molecule has 0 bridgehead atoms. The van der Waals surface area contributed by atoms with Crippen molar-refractivity contribution in [3.8, 4) is 23.0 Å². The fraction of sp³-hybridized carbons (Fsp3) is 0.158. The standard InChI is InChI=1S/C19H15F2NO7/c1-26-15-8-11(2-5-13(15)23)3-7-18(25)27-10-17(24)22-12-4-6-14-16(9-12)29-19(20,21)28-14/h2-9,23H,10H2,1H3,(H,22,24)/b7-3+. The number of ether oxygens (including phenoxy) is 4. The number of methoxy groups -OCH3 is 1. The highest BCUT2D eigenvalue weighted by Crippen LogP contribution is 2.42. The van der Waals surface area contributed by atoms with Crippen molar-refractivity contribution in [2.45, 2.75) is 6.29 Å². The highest BCUT2D eigenvalue weighted by atomic mass is 19.3. The predicted molar refractivity (Wildman–Crippen MR) is 95.9 cm³/mol. The number of amides is 1. The number of esters is 1. The molecule has 1 heterocycles. The first kappa shape index (κ1) is 19.9. The fourth-order valence-corrected chi connectivity index (χ4v) is 2.37. The normalized spacial score (nSPS) is 13.9. The van der Waals surface area contributed by atoms with Crippen molar-refractivity contribution < 1.29 is 42.4 Å². The zero-order chi connectivity index (χ0) is 21.0.